The number of furan rings is 2. The number of hydrogen-bond donors (Lipinski definition) is 0. The molecule has 0 radical (unpaired) electrons. The molecule has 0 spiro atoms. The molecule has 0 fully saturated rings. The first-order chi connectivity index (χ1) is 26.7. The van der Waals surface area contributed by atoms with Gasteiger partial charge in [0.15, 0.2) is 0 Å². The quantitative estimate of drug-likeness (QED) is 0.181. The van der Waals surface area contributed by atoms with Crippen molar-refractivity contribution in [3.63, 3.8) is 0 Å². The summed E-state index contributed by atoms with van der Waals surface area (Å²) >= 11 is 0. The highest BCUT2D eigenvalue weighted by Gasteiger charge is 2.18. The Hall–Kier alpha value is -7.30. The molecule has 0 N–H and O–H groups in total. The number of nitrogens with zero attached hydrogens (tertiary/aromatic N) is 2. The lowest BCUT2D eigenvalue weighted by molar-refractivity contribution is 0.664. The minimum Gasteiger partial charge on any atom is -0.456 e. The van der Waals surface area contributed by atoms with E-state index in [9.17, 15) is 0 Å². The van der Waals surface area contributed by atoms with Gasteiger partial charge in [-0.25, -0.2) is 0 Å². The van der Waals surface area contributed by atoms with Crippen LogP contribution in [0.3, 0.4) is 0 Å². The highest BCUT2D eigenvalue weighted by atomic mass is 16.3. The molecule has 0 saturated carbocycles. The van der Waals surface area contributed by atoms with E-state index in [1.54, 1.807) is 0 Å². The van der Waals surface area contributed by atoms with Crippen molar-refractivity contribution in [1.29, 1.82) is 0 Å². The van der Waals surface area contributed by atoms with E-state index in [-0.39, 0.29) is 0 Å². The average Bonchev–Trinajstić information content (AvgIpc) is 3.95. The number of rotatable bonds is 2. The Morgan fingerprint density at radius 2 is 0.593 bits per heavy atom. The molecular formula is C50H28N2O2. The maximum Gasteiger partial charge on any atom is 0.136 e. The van der Waals surface area contributed by atoms with Crippen LogP contribution in [0, 0.1) is 0 Å². The van der Waals surface area contributed by atoms with E-state index in [1.807, 2.05) is 0 Å². The molecular weight excluding hydrogens is 661 g/mol. The maximum absolute atomic E-state index is 6.62. The fourth-order valence-corrected chi connectivity index (χ4v) is 9.18. The summed E-state index contributed by atoms with van der Waals surface area (Å²) in [6.45, 7) is 0. The van der Waals surface area contributed by atoms with E-state index in [4.69, 9.17) is 8.83 Å². The Kier molecular flexibility index (Phi) is 5.34. The minimum absolute atomic E-state index is 0.861. The molecule has 4 aromatic heterocycles. The van der Waals surface area contributed by atoms with Crippen molar-refractivity contribution in [2.75, 3.05) is 0 Å². The van der Waals surface area contributed by atoms with Crippen molar-refractivity contribution in [2.24, 2.45) is 0 Å². The van der Waals surface area contributed by atoms with Gasteiger partial charge in [-0.2, -0.15) is 0 Å². The van der Waals surface area contributed by atoms with Gasteiger partial charge in [0.25, 0.3) is 0 Å². The molecule has 13 rings (SSSR count). The van der Waals surface area contributed by atoms with Crippen molar-refractivity contribution in [2.45, 2.75) is 0 Å². The van der Waals surface area contributed by atoms with Crippen LogP contribution in [0.25, 0.3) is 120 Å². The van der Waals surface area contributed by atoms with Crippen LogP contribution in [-0.2, 0) is 0 Å². The standard InChI is InChI=1S/C50H28N2O2/c1-5-13-43-35(9-1)36-10-2-6-14-44(36)51(43)33-19-17-29-23-39-41-27-50-42(28-49(41)53-47(39)25-31(29)21-33)40-24-30-18-20-34(22-32(30)26-48(40)54-50)52-45-15-7-3-11-37(45)38-12-4-8-16-46(38)52/h1-28H. The summed E-state index contributed by atoms with van der Waals surface area (Å²) in [5.74, 6) is 0. The Bertz CT molecular complexity index is 3390. The largest absolute Gasteiger partial charge is 0.456 e. The number of benzene rings is 9. The van der Waals surface area contributed by atoms with Crippen molar-refractivity contribution in [3.05, 3.63) is 170 Å². The topological polar surface area (TPSA) is 36.1 Å². The molecule has 0 aliphatic carbocycles. The lowest BCUT2D eigenvalue weighted by atomic mass is 10.0. The van der Waals surface area contributed by atoms with Crippen LogP contribution in [0.15, 0.2) is 179 Å². The van der Waals surface area contributed by atoms with Crippen molar-refractivity contribution < 1.29 is 8.83 Å². The van der Waals surface area contributed by atoms with Crippen molar-refractivity contribution in [3.8, 4) is 11.4 Å². The van der Waals surface area contributed by atoms with Crippen LogP contribution in [0.2, 0.25) is 0 Å². The maximum atomic E-state index is 6.62. The van der Waals surface area contributed by atoms with Crippen LogP contribution in [0.1, 0.15) is 0 Å². The van der Waals surface area contributed by atoms with Gasteiger partial charge in [-0.05, 0) is 106 Å². The smallest absolute Gasteiger partial charge is 0.136 e. The predicted molar refractivity (Wildman–Crippen MR) is 225 cm³/mol. The molecule has 0 amide bonds. The number of aromatic nitrogens is 2. The van der Waals surface area contributed by atoms with E-state index in [1.165, 1.54) is 54.4 Å². The zero-order valence-corrected chi connectivity index (χ0v) is 28.9. The third-order valence-corrected chi connectivity index (χ3v) is 11.6. The molecule has 0 bridgehead atoms. The van der Waals surface area contributed by atoms with Crippen LogP contribution in [-0.4, -0.2) is 9.13 Å². The second kappa shape index (κ2) is 10.2. The van der Waals surface area contributed by atoms with E-state index in [0.717, 1.165) is 66.0 Å². The Morgan fingerprint density at radius 1 is 0.259 bits per heavy atom. The highest BCUT2D eigenvalue weighted by molar-refractivity contribution is 6.18. The third-order valence-electron chi connectivity index (χ3n) is 11.6. The number of fused-ring (bicyclic) bond motifs is 14. The fourth-order valence-electron chi connectivity index (χ4n) is 9.18. The zero-order chi connectivity index (χ0) is 35.1. The van der Waals surface area contributed by atoms with E-state index in [0.29, 0.717) is 0 Å². The first kappa shape index (κ1) is 28.3. The monoisotopic (exact) mass is 688 g/mol. The van der Waals surface area contributed by atoms with Gasteiger partial charge < -0.3 is 18.0 Å². The molecule has 4 heterocycles. The third kappa shape index (κ3) is 3.76. The summed E-state index contributed by atoms with van der Waals surface area (Å²) in [4.78, 5) is 0. The molecule has 13 aromatic rings. The van der Waals surface area contributed by atoms with Gasteiger partial charge in [-0.15, -0.1) is 0 Å². The molecule has 9 aromatic carbocycles. The molecule has 0 aliphatic heterocycles. The summed E-state index contributed by atoms with van der Waals surface area (Å²) in [5.41, 5.74) is 10.5. The van der Waals surface area contributed by atoms with Crippen LogP contribution < -0.4 is 0 Å². The molecule has 4 nitrogen and oxygen atoms in total. The van der Waals surface area contributed by atoms with Crippen molar-refractivity contribution >= 4 is 109 Å². The van der Waals surface area contributed by atoms with E-state index < -0.39 is 0 Å². The zero-order valence-electron chi connectivity index (χ0n) is 28.9. The second-order valence-corrected chi connectivity index (χ2v) is 14.5. The summed E-state index contributed by atoms with van der Waals surface area (Å²) in [7, 11) is 0. The summed E-state index contributed by atoms with van der Waals surface area (Å²) in [6.07, 6.45) is 0. The number of para-hydroxylation sites is 4. The number of hydrogen-bond acceptors (Lipinski definition) is 2. The van der Waals surface area contributed by atoms with Gasteiger partial charge in [-0.3, -0.25) is 0 Å². The first-order valence-electron chi connectivity index (χ1n) is 18.4. The molecule has 250 valence electrons. The predicted octanol–water partition coefficient (Wildman–Crippen LogP) is 14.0. The van der Waals surface area contributed by atoms with Gasteiger partial charge >= 0.3 is 0 Å². The summed E-state index contributed by atoms with van der Waals surface area (Å²) in [5, 5.41) is 14.0. The molecule has 0 saturated heterocycles. The highest BCUT2D eigenvalue weighted by Crippen LogP contribution is 2.41. The molecule has 0 aliphatic rings. The van der Waals surface area contributed by atoms with Crippen molar-refractivity contribution in [1.82, 2.24) is 9.13 Å². The summed E-state index contributed by atoms with van der Waals surface area (Å²) in [6, 6.07) is 61.2. The minimum atomic E-state index is 0.861. The first-order valence-corrected chi connectivity index (χ1v) is 18.4. The molecule has 4 heteroatoms. The molecule has 0 atom stereocenters. The fraction of sp³-hybridized carbons (Fsp3) is 0. The Labute approximate surface area is 307 Å². The SMILES string of the molecule is c1ccc2c(c1)c1ccccc1n2-c1ccc2cc3c(cc2c1)oc1cc2c(cc13)oc1cc3cc(-n4c5ccccc5c5ccccc54)ccc3cc12. The lowest BCUT2D eigenvalue weighted by Crippen LogP contribution is -1.93. The normalized spacial score (nSPS) is 12.4. The van der Waals surface area contributed by atoms with Crippen LogP contribution in [0.5, 0.6) is 0 Å². The Morgan fingerprint density at radius 3 is 0.981 bits per heavy atom. The Balaban J connectivity index is 0.953. The average molecular weight is 689 g/mol. The van der Waals surface area contributed by atoms with Gasteiger partial charge in [0.1, 0.15) is 22.3 Å². The molecule has 54 heavy (non-hydrogen) atoms. The molecule has 0 unspecified atom stereocenters. The van der Waals surface area contributed by atoms with Gasteiger partial charge in [0.2, 0.25) is 0 Å². The van der Waals surface area contributed by atoms with E-state index in [2.05, 4.69) is 179 Å². The van der Waals surface area contributed by atoms with Crippen LogP contribution >= 0.6 is 0 Å². The van der Waals surface area contributed by atoms with Crippen LogP contribution in [0.4, 0.5) is 0 Å². The second-order valence-electron chi connectivity index (χ2n) is 14.5. The van der Waals surface area contributed by atoms with Gasteiger partial charge in [-0.1, -0.05) is 84.9 Å². The van der Waals surface area contributed by atoms with Gasteiger partial charge in [0, 0.05) is 54.5 Å². The lowest BCUT2D eigenvalue weighted by Gasteiger charge is -2.09. The summed E-state index contributed by atoms with van der Waals surface area (Å²) < 4.78 is 18.0. The van der Waals surface area contributed by atoms with Gasteiger partial charge in [0.05, 0.1) is 22.1 Å². The van der Waals surface area contributed by atoms with E-state index >= 15 is 0 Å².